The number of aromatic nitrogens is 1. The van der Waals surface area contributed by atoms with Gasteiger partial charge in [0.05, 0.1) is 11.6 Å². The molecule has 0 spiro atoms. The van der Waals surface area contributed by atoms with Crippen molar-refractivity contribution in [1.29, 1.82) is 0 Å². The molecule has 3 rings (SSSR count). The van der Waals surface area contributed by atoms with Crippen LogP contribution in [0.5, 0.6) is 0 Å². The van der Waals surface area contributed by atoms with Crippen LogP contribution in [0.3, 0.4) is 0 Å². The summed E-state index contributed by atoms with van der Waals surface area (Å²) in [6.45, 7) is 0.586. The number of fused-ring (bicyclic) bond motifs is 3. The highest BCUT2D eigenvalue weighted by Crippen LogP contribution is 2.26. The fourth-order valence-corrected chi connectivity index (χ4v) is 2.19. The molecule has 0 fully saturated rings. The summed E-state index contributed by atoms with van der Waals surface area (Å²) >= 11 is 0. The van der Waals surface area contributed by atoms with E-state index in [0.717, 1.165) is 16.6 Å². The third kappa shape index (κ3) is 0.990. The van der Waals surface area contributed by atoms with Gasteiger partial charge in [0.1, 0.15) is 5.82 Å². The molecule has 1 aliphatic heterocycles. The van der Waals surface area contributed by atoms with Crippen molar-refractivity contribution in [3.8, 4) is 0 Å². The third-order valence-corrected chi connectivity index (χ3v) is 2.79. The van der Waals surface area contributed by atoms with Gasteiger partial charge in [-0.25, -0.2) is 4.39 Å². The first-order valence-electron chi connectivity index (χ1n) is 4.70. The molecule has 3 heteroatoms. The first kappa shape index (κ1) is 8.00. The molecule has 0 bridgehead atoms. The lowest BCUT2D eigenvalue weighted by molar-refractivity contribution is 0.176. The number of aliphatic hydroxyl groups is 1. The van der Waals surface area contributed by atoms with Gasteiger partial charge in [0.15, 0.2) is 0 Å². The van der Waals surface area contributed by atoms with Gasteiger partial charge in [0, 0.05) is 24.0 Å². The quantitative estimate of drug-likeness (QED) is 0.673. The van der Waals surface area contributed by atoms with Gasteiger partial charge in [0.2, 0.25) is 0 Å². The van der Waals surface area contributed by atoms with Crippen LogP contribution in [0.4, 0.5) is 4.39 Å². The van der Waals surface area contributed by atoms with E-state index in [1.165, 1.54) is 12.1 Å². The van der Waals surface area contributed by atoms with Crippen LogP contribution in [0.15, 0.2) is 24.3 Å². The van der Waals surface area contributed by atoms with E-state index in [-0.39, 0.29) is 11.9 Å². The summed E-state index contributed by atoms with van der Waals surface area (Å²) in [5, 5.41) is 10.5. The van der Waals surface area contributed by atoms with Crippen LogP contribution in [0.1, 0.15) is 5.69 Å². The molecule has 0 radical (unpaired) electrons. The predicted molar refractivity (Wildman–Crippen MR) is 51.6 cm³/mol. The van der Waals surface area contributed by atoms with Gasteiger partial charge in [0.25, 0.3) is 0 Å². The summed E-state index contributed by atoms with van der Waals surface area (Å²) in [5.74, 6) is -0.222. The Morgan fingerprint density at radius 3 is 3.07 bits per heavy atom. The standard InChI is InChI=1S/C11H10FNO/c12-8-2-1-7-3-9-5-10(14)6-13(9)11(7)4-8/h1-4,10,14H,5-6H2. The minimum atomic E-state index is -0.308. The third-order valence-electron chi connectivity index (χ3n) is 2.79. The molecule has 0 aliphatic carbocycles. The van der Waals surface area contributed by atoms with Crippen LogP contribution in [0.25, 0.3) is 10.9 Å². The molecule has 1 N–H and O–H groups in total. The maximum absolute atomic E-state index is 13.0. The molecule has 0 saturated heterocycles. The molecule has 2 nitrogen and oxygen atoms in total. The average molecular weight is 191 g/mol. The van der Waals surface area contributed by atoms with E-state index in [1.807, 2.05) is 10.6 Å². The zero-order valence-electron chi connectivity index (χ0n) is 7.57. The fourth-order valence-electron chi connectivity index (χ4n) is 2.19. The average Bonchev–Trinajstić information content (AvgIpc) is 2.62. The van der Waals surface area contributed by atoms with Crippen molar-refractivity contribution >= 4 is 10.9 Å². The summed E-state index contributed by atoms with van der Waals surface area (Å²) < 4.78 is 15.0. The summed E-state index contributed by atoms with van der Waals surface area (Å²) in [7, 11) is 0. The number of rotatable bonds is 0. The van der Waals surface area contributed by atoms with Crippen LogP contribution in [-0.4, -0.2) is 15.8 Å². The van der Waals surface area contributed by atoms with Crippen molar-refractivity contribution in [2.75, 3.05) is 0 Å². The minimum Gasteiger partial charge on any atom is -0.391 e. The maximum atomic E-state index is 13.0. The molecule has 2 aromatic rings. The Morgan fingerprint density at radius 1 is 1.36 bits per heavy atom. The second kappa shape index (κ2) is 2.58. The Morgan fingerprint density at radius 2 is 2.21 bits per heavy atom. The summed E-state index contributed by atoms with van der Waals surface area (Å²) in [6.07, 6.45) is 0.369. The van der Waals surface area contributed by atoms with Gasteiger partial charge in [-0.05, 0) is 24.3 Å². The van der Waals surface area contributed by atoms with Crippen molar-refractivity contribution in [3.63, 3.8) is 0 Å². The Labute approximate surface area is 80.6 Å². The van der Waals surface area contributed by atoms with E-state index >= 15 is 0 Å². The van der Waals surface area contributed by atoms with Crippen molar-refractivity contribution in [1.82, 2.24) is 4.57 Å². The summed E-state index contributed by atoms with van der Waals surface area (Å²) in [4.78, 5) is 0. The lowest BCUT2D eigenvalue weighted by atomic mass is 10.2. The lowest BCUT2D eigenvalue weighted by Gasteiger charge is -2.01. The van der Waals surface area contributed by atoms with Gasteiger partial charge >= 0.3 is 0 Å². The smallest absolute Gasteiger partial charge is 0.125 e. The fraction of sp³-hybridized carbons (Fsp3) is 0.273. The largest absolute Gasteiger partial charge is 0.391 e. The number of nitrogens with zero attached hydrogens (tertiary/aromatic N) is 1. The first-order valence-corrected chi connectivity index (χ1v) is 4.70. The van der Waals surface area contributed by atoms with Gasteiger partial charge in [-0.1, -0.05) is 0 Å². The first-order chi connectivity index (χ1) is 6.74. The molecule has 2 heterocycles. The molecule has 1 atom stereocenters. The maximum Gasteiger partial charge on any atom is 0.125 e. The molecule has 72 valence electrons. The molecule has 1 aromatic carbocycles. The SMILES string of the molecule is OC1Cc2cc3ccc(F)cc3n2C1. The van der Waals surface area contributed by atoms with Crippen LogP contribution < -0.4 is 0 Å². The van der Waals surface area contributed by atoms with E-state index in [0.29, 0.717) is 13.0 Å². The molecular weight excluding hydrogens is 181 g/mol. The zero-order valence-corrected chi connectivity index (χ0v) is 7.57. The summed E-state index contributed by atoms with van der Waals surface area (Å²) in [6, 6.07) is 6.79. The second-order valence-electron chi connectivity index (χ2n) is 3.81. The Kier molecular flexibility index (Phi) is 1.47. The van der Waals surface area contributed by atoms with Crippen molar-refractivity contribution in [2.45, 2.75) is 19.1 Å². The monoisotopic (exact) mass is 191 g/mol. The van der Waals surface area contributed by atoms with Crippen LogP contribution in [-0.2, 0) is 13.0 Å². The van der Waals surface area contributed by atoms with Crippen molar-refractivity contribution in [3.05, 3.63) is 35.8 Å². The minimum absolute atomic E-state index is 0.222. The van der Waals surface area contributed by atoms with E-state index in [2.05, 4.69) is 0 Å². The van der Waals surface area contributed by atoms with Gasteiger partial charge < -0.3 is 9.67 Å². The van der Waals surface area contributed by atoms with E-state index in [4.69, 9.17) is 0 Å². The molecule has 0 saturated carbocycles. The Hall–Kier alpha value is -1.35. The molecule has 14 heavy (non-hydrogen) atoms. The second-order valence-corrected chi connectivity index (χ2v) is 3.81. The number of hydrogen-bond donors (Lipinski definition) is 1. The van der Waals surface area contributed by atoms with E-state index < -0.39 is 0 Å². The Bertz CT molecular complexity index is 503. The highest BCUT2D eigenvalue weighted by atomic mass is 19.1. The number of hydrogen-bond acceptors (Lipinski definition) is 1. The molecule has 1 aliphatic rings. The van der Waals surface area contributed by atoms with Gasteiger partial charge in [-0.15, -0.1) is 0 Å². The van der Waals surface area contributed by atoms with Crippen LogP contribution >= 0.6 is 0 Å². The van der Waals surface area contributed by atoms with E-state index in [9.17, 15) is 9.50 Å². The number of benzene rings is 1. The summed E-state index contributed by atoms with van der Waals surface area (Å²) in [5.41, 5.74) is 1.98. The van der Waals surface area contributed by atoms with Crippen molar-refractivity contribution in [2.24, 2.45) is 0 Å². The number of halogens is 1. The molecular formula is C11H10FNO. The predicted octanol–water partition coefficient (Wildman–Crippen LogP) is 1.70. The van der Waals surface area contributed by atoms with Crippen molar-refractivity contribution < 1.29 is 9.50 Å². The van der Waals surface area contributed by atoms with E-state index in [1.54, 1.807) is 6.07 Å². The normalized spacial score (nSPS) is 20.3. The lowest BCUT2D eigenvalue weighted by Crippen LogP contribution is -2.07. The van der Waals surface area contributed by atoms with Crippen LogP contribution in [0.2, 0.25) is 0 Å². The number of aliphatic hydroxyl groups excluding tert-OH is 1. The van der Waals surface area contributed by atoms with Crippen LogP contribution in [0, 0.1) is 5.82 Å². The van der Waals surface area contributed by atoms with Gasteiger partial charge in [-0.3, -0.25) is 0 Å². The molecule has 1 unspecified atom stereocenters. The topological polar surface area (TPSA) is 25.2 Å². The molecule has 0 amide bonds. The van der Waals surface area contributed by atoms with Gasteiger partial charge in [-0.2, -0.15) is 0 Å². The Balaban J connectivity index is 2.30. The highest BCUT2D eigenvalue weighted by molar-refractivity contribution is 5.81. The highest BCUT2D eigenvalue weighted by Gasteiger charge is 2.21. The molecule has 1 aromatic heterocycles. The zero-order chi connectivity index (χ0) is 9.71.